The van der Waals surface area contributed by atoms with Crippen molar-refractivity contribution in [1.29, 1.82) is 5.41 Å². The van der Waals surface area contributed by atoms with Crippen LogP contribution in [0.15, 0.2) is 41.0 Å². The molecule has 1 fully saturated rings. The molecule has 1 aromatic carbocycles. The molecule has 1 saturated heterocycles. The summed E-state index contributed by atoms with van der Waals surface area (Å²) in [7, 11) is 0. The van der Waals surface area contributed by atoms with Gasteiger partial charge >= 0.3 is 5.97 Å². The Kier molecular flexibility index (Phi) is 28.7. The molecule has 8 amide bonds. The fraction of sp³-hybridized carbons (Fsp3) is 0.587. The summed E-state index contributed by atoms with van der Waals surface area (Å²) in [5, 5.41) is 44.4. The smallest absolute Gasteiger partial charge is 0.352 e. The molecule has 27 nitrogen and oxygen atoms in total. The molecule has 0 bridgehead atoms. The van der Waals surface area contributed by atoms with Gasteiger partial charge in [-0.15, -0.1) is 0 Å². The number of benzene rings is 1. The number of rotatable bonds is 33. The van der Waals surface area contributed by atoms with E-state index in [1.165, 1.54) is 31.2 Å². The van der Waals surface area contributed by atoms with E-state index in [-0.39, 0.29) is 81.9 Å². The van der Waals surface area contributed by atoms with Gasteiger partial charge in [-0.2, -0.15) is 0 Å². The maximum Gasteiger partial charge on any atom is 0.352 e. The van der Waals surface area contributed by atoms with Crippen LogP contribution in [0.2, 0.25) is 0 Å². The van der Waals surface area contributed by atoms with Gasteiger partial charge in [0.05, 0.1) is 18.7 Å². The van der Waals surface area contributed by atoms with Gasteiger partial charge in [-0.25, -0.2) is 14.2 Å². The molecule has 74 heavy (non-hydrogen) atoms. The van der Waals surface area contributed by atoms with Crippen molar-refractivity contribution in [3.63, 3.8) is 0 Å². The second-order valence-corrected chi connectivity index (χ2v) is 17.4. The predicted octanol–water partition coefficient (Wildman–Crippen LogP) is -5.00. The first kappa shape index (κ1) is 63.1. The molecule has 0 aliphatic carbocycles. The number of hydrogen-bond acceptors (Lipinski definition) is 16. The van der Waals surface area contributed by atoms with Gasteiger partial charge < -0.3 is 86.7 Å². The number of nitrogens with two attached hydrogens (primary N) is 6. The molecule has 28 heteroatoms. The maximum atomic E-state index is 15.1. The first-order valence-corrected chi connectivity index (χ1v) is 24.4. The number of aliphatic carboxylic acids is 1. The second-order valence-electron chi connectivity index (χ2n) is 17.4. The van der Waals surface area contributed by atoms with E-state index >= 15 is 4.39 Å². The molecule has 0 radical (unpaired) electrons. The summed E-state index contributed by atoms with van der Waals surface area (Å²) in [5.41, 5.74) is 32.8. The number of aliphatic imine (C=N–C) groups is 1. The van der Waals surface area contributed by atoms with Crippen molar-refractivity contribution in [3.8, 4) is 0 Å². The van der Waals surface area contributed by atoms with Crippen LogP contribution in [-0.4, -0.2) is 168 Å². The highest BCUT2D eigenvalue weighted by Crippen LogP contribution is 2.20. The number of aliphatic hydroxyl groups is 1. The third kappa shape index (κ3) is 22.0. The standard InChI is InChI=1S/C46H75FN16O11/c1-26(57-43(71)37(35(64)24-51)62-39(67)29(52)13-4-6-18-48)38(66)56-25-36(65)58-31(15-8-20-50)44(72)63-22-10-17-34(63)42(70)61-33(23-27-11-2-3-12-28(27)47)41(69)59-30(14-5-7-19-49)40(68)60-32(45(73)74)16-9-21-55-46(53)54/h2-3,11-12,16,26,29-30,33-35,37,64H,4-10,13-15,17-25,48-52H2,1H3,(H,56,66)(H,57,71)(H,59,69)(H,60,68)(H,61,70)(H,62,67)(H,73,74)(H4,53,54,55)/b32-16-,58-31+/t26-,29-,30-,33-,34-,35-,37-/m0/s1. The lowest BCUT2D eigenvalue weighted by Gasteiger charge is -2.28. The summed E-state index contributed by atoms with van der Waals surface area (Å²) in [6.45, 7) is 0.865. The Balaban J connectivity index is 2.30. The average molecular weight is 1050 g/mol. The van der Waals surface area contributed by atoms with Crippen LogP contribution in [0.4, 0.5) is 4.39 Å². The van der Waals surface area contributed by atoms with Crippen molar-refractivity contribution in [1.82, 2.24) is 42.1 Å². The Hall–Kier alpha value is -6.98. The zero-order chi connectivity index (χ0) is 55.3. The molecule has 1 heterocycles. The third-order valence-corrected chi connectivity index (χ3v) is 11.5. The summed E-state index contributed by atoms with van der Waals surface area (Å²) in [6, 6.07) is -2.63. The first-order chi connectivity index (χ1) is 35.2. The fourth-order valence-corrected chi connectivity index (χ4v) is 7.41. The molecule has 0 unspecified atom stereocenters. The lowest BCUT2D eigenvalue weighted by atomic mass is 10.0. The number of guanidine groups is 1. The number of carbonyl (C=O) groups is 9. The highest BCUT2D eigenvalue weighted by atomic mass is 19.1. The molecule has 0 spiro atoms. The van der Waals surface area contributed by atoms with Gasteiger partial charge in [0.1, 0.15) is 47.4 Å². The summed E-state index contributed by atoms with van der Waals surface area (Å²) in [4.78, 5) is 125. The monoisotopic (exact) mass is 1050 g/mol. The molecule has 7 atom stereocenters. The van der Waals surface area contributed by atoms with Crippen molar-refractivity contribution in [2.24, 2.45) is 39.4 Å². The van der Waals surface area contributed by atoms with Crippen LogP contribution in [0.3, 0.4) is 0 Å². The fourth-order valence-electron chi connectivity index (χ4n) is 7.41. The molecular formula is C46H75FN16O11. The van der Waals surface area contributed by atoms with Crippen LogP contribution in [0, 0.1) is 11.2 Å². The minimum absolute atomic E-state index is 0.0128. The lowest BCUT2D eigenvalue weighted by Crippen LogP contribution is -2.60. The number of carboxylic acid groups (broad SMARTS) is 1. The third-order valence-electron chi connectivity index (χ3n) is 11.5. The summed E-state index contributed by atoms with van der Waals surface area (Å²) in [6.07, 6.45) is 1.81. The van der Waals surface area contributed by atoms with Crippen LogP contribution in [-0.2, 0) is 49.6 Å². The Morgan fingerprint density at radius 2 is 1.50 bits per heavy atom. The lowest BCUT2D eigenvalue weighted by molar-refractivity contribution is -0.137. The molecule has 1 aromatic rings. The number of aliphatic hydroxyl groups excluding tert-OH is 1. The van der Waals surface area contributed by atoms with Gasteiger partial charge in [0.25, 0.3) is 11.8 Å². The highest BCUT2D eigenvalue weighted by molar-refractivity contribution is 6.40. The predicted molar refractivity (Wildman–Crippen MR) is 269 cm³/mol. The van der Waals surface area contributed by atoms with Crippen molar-refractivity contribution in [3.05, 3.63) is 47.4 Å². The number of unbranched alkanes of at least 4 members (excludes halogenated alkanes) is 2. The first-order valence-electron chi connectivity index (χ1n) is 24.4. The zero-order valence-electron chi connectivity index (χ0n) is 41.7. The minimum atomic E-state index is -1.59. The van der Waals surface area contributed by atoms with Crippen LogP contribution < -0.4 is 71.6 Å². The van der Waals surface area contributed by atoms with E-state index < -0.39 is 127 Å². The summed E-state index contributed by atoms with van der Waals surface area (Å²) in [5.74, 6) is -9.68. The van der Waals surface area contributed by atoms with E-state index in [0.717, 1.165) is 11.0 Å². The van der Waals surface area contributed by atoms with Gasteiger partial charge in [0, 0.05) is 26.1 Å². The zero-order valence-corrected chi connectivity index (χ0v) is 41.7. The summed E-state index contributed by atoms with van der Waals surface area (Å²) < 4.78 is 15.1. The van der Waals surface area contributed by atoms with Gasteiger partial charge in [-0.3, -0.25) is 43.8 Å². The van der Waals surface area contributed by atoms with Crippen molar-refractivity contribution < 1.29 is 57.8 Å². The van der Waals surface area contributed by atoms with E-state index in [0.29, 0.717) is 38.6 Å². The minimum Gasteiger partial charge on any atom is -0.477 e. The second kappa shape index (κ2) is 33.7. The Labute approximate surface area is 428 Å². The Morgan fingerprint density at radius 3 is 2.12 bits per heavy atom. The van der Waals surface area contributed by atoms with Crippen LogP contribution in [0.1, 0.15) is 83.1 Å². The van der Waals surface area contributed by atoms with Crippen molar-refractivity contribution >= 4 is 64.9 Å². The molecule has 1 aliphatic heterocycles. The average Bonchev–Trinajstić information content (AvgIpc) is 3.87. The number of hydrogen-bond donors (Lipinski definition) is 16. The largest absolute Gasteiger partial charge is 0.477 e. The number of carboxylic acids is 1. The number of nitrogens with zero attached hydrogens (tertiary/aromatic N) is 2. The number of likely N-dealkylation sites (tertiary alicyclic amines) is 1. The van der Waals surface area contributed by atoms with Crippen LogP contribution >= 0.6 is 0 Å². The maximum absolute atomic E-state index is 15.1. The number of carbonyl (C=O) groups excluding carboxylic acids is 8. The van der Waals surface area contributed by atoms with E-state index in [1.54, 1.807) is 0 Å². The van der Waals surface area contributed by atoms with Crippen LogP contribution in [0.5, 0.6) is 0 Å². The Bertz CT molecular complexity index is 2160. The van der Waals surface area contributed by atoms with E-state index in [2.05, 4.69) is 42.2 Å². The molecule has 1 aliphatic rings. The van der Waals surface area contributed by atoms with Gasteiger partial charge in [-0.1, -0.05) is 30.7 Å². The topological polar surface area (TPSA) is 474 Å². The van der Waals surface area contributed by atoms with Crippen molar-refractivity contribution in [2.75, 3.05) is 45.8 Å². The molecule has 0 aromatic heterocycles. The Morgan fingerprint density at radius 1 is 0.838 bits per heavy atom. The van der Waals surface area contributed by atoms with Gasteiger partial charge in [-0.05, 0) is 102 Å². The van der Waals surface area contributed by atoms with Gasteiger partial charge in [0.15, 0.2) is 5.96 Å². The molecule has 2 rings (SSSR count). The number of amides is 8. The molecule has 22 N–H and O–H groups in total. The van der Waals surface area contributed by atoms with E-state index in [1.807, 2.05) is 0 Å². The highest BCUT2D eigenvalue weighted by Gasteiger charge is 2.39. The normalized spacial score (nSPS) is 16.1. The molecule has 0 saturated carbocycles. The van der Waals surface area contributed by atoms with Crippen LogP contribution in [0.25, 0.3) is 0 Å². The molecule has 412 valence electrons. The summed E-state index contributed by atoms with van der Waals surface area (Å²) >= 11 is 0. The van der Waals surface area contributed by atoms with Crippen molar-refractivity contribution in [2.45, 2.75) is 126 Å². The quantitative estimate of drug-likeness (QED) is 0.0136. The number of halogens is 1. The van der Waals surface area contributed by atoms with E-state index in [4.69, 9.17) is 39.8 Å². The number of nitrogens with one attached hydrogen (secondary N) is 8. The molecular weight excluding hydrogens is 972 g/mol. The SMILES string of the molecule is C[C@H](NC(=O)[C@@H](NC(=O)[C@@H](N)CCCCN)[C@@H](O)CN)C(=O)NCC(=O)/N=C(\CCCN)C(=O)N1CCC[C@H]1C(=O)N[C@@H](Cc1ccccc1F)C(=O)N[C@@H](CCCCN)C(=O)N/C(=C\CCNC(=N)N)C(=O)O. The van der Waals surface area contributed by atoms with E-state index in [9.17, 15) is 53.4 Å². The van der Waals surface area contributed by atoms with Gasteiger partial charge in [0.2, 0.25) is 35.4 Å².